The van der Waals surface area contributed by atoms with Crippen LogP contribution >= 0.6 is 0 Å². The fourth-order valence-corrected chi connectivity index (χ4v) is 12.9. The molecule has 0 saturated carbocycles. The summed E-state index contributed by atoms with van der Waals surface area (Å²) in [6.07, 6.45) is 55.7. The van der Waals surface area contributed by atoms with Crippen LogP contribution in [0.2, 0.25) is 0 Å². The fraction of sp³-hybridized carbons (Fsp3) is 0.706. The Balaban J connectivity index is 0.000000520. The van der Waals surface area contributed by atoms with Crippen molar-refractivity contribution in [1.29, 1.82) is 0 Å². The molecule has 0 saturated heterocycles. The summed E-state index contributed by atoms with van der Waals surface area (Å²) in [5.41, 5.74) is 4.64. The summed E-state index contributed by atoms with van der Waals surface area (Å²) in [5, 5.41) is 3.11. The average Bonchev–Trinajstić information content (AvgIpc) is 3.40. The maximum absolute atomic E-state index is 12.0. The molecule has 4 aromatic carbocycles. The van der Waals surface area contributed by atoms with E-state index < -0.39 is 20.2 Å². The molecule has 9 heteroatoms. The van der Waals surface area contributed by atoms with Gasteiger partial charge in [0.05, 0.1) is 9.79 Å². The number of benzene rings is 4. The fourth-order valence-electron chi connectivity index (χ4n) is 11.4. The Hall–Kier alpha value is -1.52. The Bertz CT molecular complexity index is 2160. The van der Waals surface area contributed by atoms with Crippen LogP contribution in [-0.2, 0) is 45.9 Å². The van der Waals surface area contributed by atoms with Gasteiger partial charge in [-0.25, -0.2) is 16.8 Å². The summed E-state index contributed by atoms with van der Waals surface area (Å²) in [5.74, 6) is 0. The van der Waals surface area contributed by atoms with Gasteiger partial charge < -0.3 is 9.11 Å². The van der Waals surface area contributed by atoms with Crippen molar-refractivity contribution < 1.29 is 25.9 Å². The second-order valence-electron chi connectivity index (χ2n) is 22.9. The molecule has 0 aliphatic rings. The zero-order chi connectivity index (χ0) is 55.0. The summed E-state index contributed by atoms with van der Waals surface area (Å²) in [7, 11) is -9.01. The van der Waals surface area contributed by atoms with Gasteiger partial charge in [0.15, 0.2) is 0 Å². The van der Waals surface area contributed by atoms with Crippen LogP contribution in [0.5, 0.6) is 0 Å². The average molecular weight is 1130 g/mol. The molecule has 0 N–H and O–H groups in total. The van der Waals surface area contributed by atoms with E-state index in [1.54, 1.807) is 12.1 Å². The van der Waals surface area contributed by atoms with Gasteiger partial charge in [-0.2, -0.15) is 0 Å². The normalized spacial score (nSPS) is 11.8. The molecule has 0 amide bonds. The van der Waals surface area contributed by atoms with Crippen molar-refractivity contribution in [3.63, 3.8) is 0 Å². The van der Waals surface area contributed by atoms with Gasteiger partial charge in [-0.15, -0.1) is 0 Å². The molecule has 4 aromatic rings. The van der Waals surface area contributed by atoms with Crippen LogP contribution in [0.1, 0.15) is 307 Å². The van der Waals surface area contributed by atoms with E-state index in [-0.39, 0.29) is 47.5 Å². The van der Waals surface area contributed by atoms with E-state index >= 15 is 0 Å². The SMILES string of the molecule is CCCCCCCCCCCCc1cc(CCCCCCCCCCCC)c2c(S(=O)(=O)[O-])cccc2c1.CCCCCCCCCCCCc1cc(CCCCCCCCCCCC)c2c(S(=O)(=O)[O-])cccc2c1.[Ca+2]. The molecular formula is C68H110CaO6S2. The number of aryl methyl sites for hydroxylation is 4. The van der Waals surface area contributed by atoms with Gasteiger partial charge >= 0.3 is 37.7 Å². The number of hydrogen-bond acceptors (Lipinski definition) is 6. The number of unbranched alkanes of at least 4 members (excludes halogenated alkanes) is 36. The summed E-state index contributed by atoms with van der Waals surface area (Å²) in [4.78, 5) is -0.106. The van der Waals surface area contributed by atoms with E-state index in [9.17, 15) is 25.9 Å². The molecule has 0 unspecified atom stereocenters. The minimum atomic E-state index is -4.50. The van der Waals surface area contributed by atoms with Gasteiger partial charge in [0.25, 0.3) is 0 Å². The smallest absolute Gasteiger partial charge is 0.744 e. The predicted molar refractivity (Wildman–Crippen MR) is 332 cm³/mol. The minimum Gasteiger partial charge on any atom is -0.744 e. The predicted octanol–water partition coefficient (Wildman–Crippen LogP) is 21.0. The Morgan fingerprint density at radius 3 is 0.753 bits per heavy atom. The third-order valence-electron chi connectivity index (χ3n) is 15.9. The van der Waals surface area contributed by atoms with Gasteiger partial charge in [-0.05, 0) is 96.5 Å². The number of fused-ring (bicyclic) bond motifs is 2. The molecule has 0 radical (unpaired) electrons. The van der Waals surface area contributed by atoms with Crippen molar-refractivity contribution in [3.05, 3.63) is 82.9 Å². The van der Waals surface area contributed by atoms with Crippen LogP contribution < -0.4 is 0 Å². The Kier molecular flexibility index (Phi) is 41.9. The van der Waals surface area contributed by atoms with E-state index in [2.05, 4.69) is 52.0 Å². The number of rotatable bonds is 46. The molecule has 0 atom stereocenters. The first-order valence-corrected chi connectivity index (χ1v) is 34.8. The molecule has 432 valence electrons. The van der Waals surface area contributed by atoms with Crippen LogP contribution in [0, 0.1) is 0 Å². The molecule has 0 heterocycles. The second-order valence-corrected chi connectivity index (χ2v) is 25.6. The molecule has 4 rings (SSSR count). The third kappa shape index (κ3) is 32.1. The van der Waals surface area contributed by atoms with E-state index in [0.29, 0.717) is 10.8 Å². The van der Waals surface area contributed by atoms with Crippen LogP contribution in [-0.4, -0.2) is 63.7 Å². The summed E-state index contributed by atoms with van der Waals surface area (Å²) < 4.78 is 72.2. The third-order valence-corrected chi connectivity index (χ3v) is 17.7. The van der Waals surface area contributed by atoms with Crippen molar-refractivity contribution in [2.24, 2.45) is 0 Å². The largest absolute Gasteiger partial charge is 2.00 e. The standard InChI is InChI=1S/2C34H56O3S.Ca/c2*1-3-5-7-9-11-13-15-17-19-21-24-30-28-31(25-22-20-18-16-14-12-10-8-6-4-2)34-32(29-30)26-23-27-33(34)38(35,36)37;/h2*23,26-29H,3-22,24-25H2,1-2H3,(H,35,36,37);/q;;+2/p-2. The monoisotopic (exact) mass is 1130 g/mol. The van der Waals surface area contributed by atoms with E-state index in [1.807, 2.05) is 12.1 Å². The van der Waals surface area contributed by atoms with Crippen LogP contribution in [0.3, 0.4) is 0 Å². The minimum absolute atomic E-state index is 0. The first-order chi connectivity index (χ1) is 36.9. The zero-order valence-electron chi connectivity index (χ0n) is 49.9. The molecule has 6 nitrogen and oxygen atoms in total. The molecule has 77 heavy (non-hydrogen) atoms. The van der Waals surface area contributed by atoms with Gasteiger partial charge in [0.1, 0.15) is 20.2 Å². The van der Waals surface area contributed by atoms with Gasteiger partial charge in [-0.3, -0.25) is 0 Å². The maximum atomic E-state index is 12.0. The van der Waals surface area contributed by atoms with E-state index in [0.717, 1.165) is 73.3 Å². The zero-order valence-corrected chi connectivity index (χ0v) is 53.7. The Morgan fingerprint density at radius 2 is 0.519 bits per heavy atom. The van der Waals surface area contributed by atoms with Crippen molar-refractivity contribution in [2.75, 3.05) is 0 Å². The van der Waals surface area contributed by atoms with Crippen molar-refractivity contribution in [3.8, 4) is 0 Å². The molecule has 0 fully saturated rings. The van der Waals surface area contributed by atoms with Crippen molar-refractivity contribution >= 4 is 79.5 Å². The van der Waals surface area contributed by atoms with Crippen LogP contribution in [0.25, 0.3) is 21.5 Å². The quantitative estimate of drug-likeness (QED) is 0.0247. The van der Waals surface area contributed by atoms with Crippen molar-refractivity contribution in [2.45, 2.75) is 320 Å². The van der Waals surface area contributed by atoms with Crippen LogP contribution in [0.15, 0.2) is 70.5 Å². The second kappa shape index (κ2) is 45.1. The summed E-state index contributed by atoms with van der Waals surface area (Å²) >= 11 is 0. The van der Waals surface area contributed by atoms with Crippen LogP contribution in [0.4, 0.5) is 0 Å². The molecule has 0 aliphatic heterocycles. The Labute approximate surface area is 504 Å². The molecule has 0 bridgehead atoms. The summed E-state index contributed by atoms with van der Waals surface area (Å²) in [6, 6.07) is 18.9. The number of hydrogen-bond donors (Lipinski definition) is 0. The topological polar surface area (TPSA) is 114 Å². The molecule has 0 aromatic heterocycles. The first kappa shape index (κ1) is 71.6. The molecule has 0 aliphatic carbocycles. The maximum Gasteiger partial charge on any atom is 2.00 e. The van der Waals surface area contributed by atoms with E-state index in [1.165, 1.54) is 254 Å². The van der Waals surface area contributed by atoms with Gasteiger partial charge in [-0.1, -0.05) is 307 Å². The first-order valence-electron chi connectivity index (χ1n) is 31.9. The van der Waals surface area contributed by atoms with Crippen molar-refractivity contribution in [1.82, 2.24) is 0 Å². The molecule has 0 spiro atoms. The van der Waals surface area contributed by atoms with Gasteiger partial charge in [0.2, 0.25) is 0 Å². The molecular weight excluding hydrogens is 1020 g/mol. The van der Waals surface area contributed by atoms with E-state index in [4.69, 9.17) is 0 Å². The summed E-state index contributed by atoms with van der Waals surface area (Å²) in [6.45, 7) is 9.04. The van der Waals surface area contributed by atoms with Gasteiger partial charge in [0, 0.05) is 10.8 Å². The Morgan fingerprint density at radius 1 is 0.299 bits per heavy atom.